The van der Waals surface area contributed by atoms with Crippen molar-refractivity contribution in [1.29, 1.82) is 0 Å². The third-order valence-corrected chi connectivity index (χ3v) is 13.1. The van der Waals surface area contributed by atoms with Crippen LogP contribution in [0, 0.1) is 45.1 Å². The van der Waals surface area contributed by atoms with Crippen molar-refractivity contribution in [2.24, 2.45) is 17.3 Å². The molecule has 0 aliphatic carbocycles. The molecule has 335 valence electrons. The van der Waals surface area contributed by atoms with Crippen LogP contribution in [0.2, 0.25) is 0 Å². The van der Waals surface area contributed by atoms with E-state index in [0.29, 0.717) is 16.7 Å². The number of hydrogen-bond acceptors (Lipinski definition) is 4. The molecule has 4 nitrogen and oxygen atoms in total. The van der Waals surface area contributed by atoms with E-state index in [1.807, 2.05) is 84.1 Å². The van der Waals surface area contributed by atoms with Gasteiger partial charge in [0.15, 0.2) is 5.78 Å². The van der Waals surface area contributed by atoms with Crippen molar-refractivity contribution in [3.8, 4) is 33.7 Å². The quantitative estimate of drug-likeness (QED) is 0.0608. The van der Waals surface area contributed by atoms with Gasteiger partial charge in [0.2, 0.25) is 0 Å². The first kappa shape index (κ1) is 49.2. The molecule has 0 bridgehead atoms. The number of aromatic nitrogens is 1. The second-order valence-corrected chi connectivity index (χ2v) is 18.8. The summed E-state index contributed by atoms with van der Waals surface area (Å²) in [5.74, 6) is 1.23. The standard InChI is InChI=1S/C41H35F3NOS.C13H24O2.Ir/c1-23-18-24(2)25(3)33(19-23)37-39-32(16-17-45(37)7)31-15-14-30(36(38(31)47-39)41(42,43)44)27-10-12-28(13-11-27)35-21-29-9-8-26(20-34(29)46-35)22-40(4,5)6;1-5-10(6-2)12(14)9-13(15)11(7-3)8-4;/h8-21H,3,7,22H2,1-2,4-6H3;9-11,14H,5-8H2,1-4H3;/q-1;;/b;12-9-;. The van der Waals surface area contributed by atoms with Crippen LogP contribution in [-0.4, -0.2) is 10.9 Å². The molecule has 63 heavy (non-hydrogen) atoms. The monoisotopic (exact) mass is 1050 g/mol. The molecule has 7 aromatic rings. The third-order valence-electron chi connectivity index (χ3n) is 11.9. The molecule has 0 unspecified atom stereocenters. The molecule has 0 aliphatic rings. The Hall–Kier alpha value is -4.82. The van der Waals surface area contributed by atoms with E-state index >= 15 is 13.2 Å². The Morgan fingerprint density at radius 1 is 0.810 bits per heavy atom. The van der Waals surface area contributed by atoms with Gasteiger partial charge in [-0.15, -0.1) is 29.0 Å². The molecule has 0 amide bonds. The summed E-state index contributed by atoms with van der Waals surface area (Å²) in [4.78, 5) is 11.7. The largest absolute Gasteiger partial charge is 0.512 e. The minimum absolute atomic E-state index is 0. The van der Waals surface area contributed by atoms with Crippen molar-refractivity contribution < 1.29 is 52.2 Å². The van der Waals surface area contributed by atoms with Crippen LogP contribution in [0.25, 0.3) is 64.8 Å². The summed E-state index contributed by atoms with van der Waals surface area (Å²) >= 11 is 1.16. The Balaban J connectivity index is 0.000000402. The summed E-state index contributed by atoms with van der Waals surface area (Å²) in [6, 6.07) is 24.7. The van der Waals surface area contributed by atoms with Crippen molar-refractivity contribution in [2.75, 3.05) is 0 Å². The number of rotatable bonds is 11. The van der Waals surface area contributed by atoms with Crippen LogP contribution < -0.4 is 4.57 Å². The van der Waals surface area contributed by atoms with E-state index in [2.05, 4.69) is 59.0 Å². The van der Waals surface area contributed by atoms with Crippen LogP contribution in [-0.2, 0) is 37.5 Å². The van der Waals surface area contributed by atoms with Crippen LogP contribution in [0.3, 0.4) is 0 Å². The summed E-state index contributed by atoms with van der Waals surface area (Å²) in [5, 5.41) is 12.1. The maximum atomic E-state index is 15.0. The molecular formula is C54H59F3IrNO3S-. The Morgan fingerprint density at radius 3 is 2.03 bits per heavy atom. The molecular weight excluding hydrogens is 992 g/mol. The number of aliphatic hydroxyl groups excluding tert-OH is 1. The van der Waals surface area contributed by atoms with Crippen LogP contribution in [0.1, 0.15) is 102 Å². The number of aliphatic hydroxyl groups is 1. The number of halogens is 3. The molecule has 4 aromatic carbocycles. The van der Waals surface area contributed by atoms with Gasteiger partial charge >= 0.3 is 6.18 Å². The van der Waals surface area contributed by atoms with E-state index in [0.717, 1.165) is 98.0 Å². The fourth-order valence-corrected chi connectivity index (χ4v) is 9.86. The number of aryl methyl sites for hydroxylation is 2. The van der Waals surface area contributed by atoms with Gasteiger partial charge in [0.05, 0.1) is 23.2 Å². The number of thiophene rings is 1. The number of carbonyl (C=O) groups excluding carboxylic acids is 1. The van der Waals surface area contributed by atoms with Gasteiger partial charge in [0.1, 0.15) is 11.3 Å². The van der Waals surface area contributed by atoms with Crippen molar-refractivity contribution in [1.82, 2.24) is 0 Å². The van der Waals surface area contributed by atoms with E-state index in [1.54, 1.807) is 22.8 Å². The summed E-state index contributed by atoms with van der Waals surface area (Å²) in [6.07, 6.45) is 3.07. The summed E-state index contributed by atoms with van der Waals surface area (Å²) < 4.78 is 54.0. The van der Waals surface area contributed by atoms with E-state index in [-0.39, 0.29) is 59.2 Å². The Labute approximate surface area is 388 Å². The maximum Gasteiger partial charge on any atom is 0.418 e. The van der Waals surface area contributed by atoms with Gasteiger partial charge in [-0.3, -0.25) is 4.79 Å². The molecule has 0 aliphatic heterocycles. The van der Waals surface area contributed by atoms with Crippen LogP contribution >= 0.6 is 11.3 Å². The van der Waals surface area contributed by atoms with Gasteiger partial charge in [-0.25, -0.2) is 0 Å². The number of allylic oxidation sites excluding steroid dienone is 2. The molecule has 0 saturated heterocycles. The number of furan rings is 1. The zero-order chi connectivity index (χ0) is 45.3. The average molecular weight is 1050 g/mol. The molecule has 0 atom stereocenters. The van der Waals surface area contributed by atoms with E-state index in [1.165, 1.54) is 11.6 Å². The van der Waals surface area contributed by atoms with Crippen molar-refractivity contribution in [3.63, 3.8) is 0 Å². The SMILES string of the molecule is CCC(CC)C(=O)/C=C(\O)C(CC)CC.[CH2-]c1c(C)cc(C)cc1-c1c2sc3c(C(F)(F)F)c(-c4ccc(-c5cc6ccc(CC(C)(C)C)cc6o5)cc4)ccc3c2cc[n+]1[CH2-].[Ir]. The Bertz CT molecular complexity index is 2760. The Kier molecular flexibility index (Phi) is 15.6. The van der Waals surface area contributed by atoms with Crippen molar-refractivity contribution in [2.45, 2.75) is 101 Å². The zero-order valence-electron chi connectivity index (χ0n) is 37.9. The first-order chi connectivity index (χ1) is 29.3. The molecule has 3 heterocycles. The average Bonchev–Trinajstić information content (AvgIpc) is 3.80. The summed E-state index contributed by atoms with van der Waals surface area (Å²) in [5.41, 5.74) is 7.52. The second kappa shape index (κ2) is 19.9. The number of nitrogens with zero attached hydrogens (tertiary/aromatic N) is 1. The van der Waals surface area contributed by atoms with Crippen LogP contribution in [0.4, 0.5) is 13.2 Å². The molecule has 3 aromatic heterocycles. The van der Waals surface area contributed by atoms with Crippen LogP contribution in [0.5, 0.6) is 0 Å². The predicted octanol–water partition coefficient (Wildman–Crippen LogP) is 16.0. The van der Waals surface area contributed by atoms with E-state index in [9.17, 15) is 9.90 Å². The first-order valence-corrected chi connectivity index (χ1v) is 22.4. The normalized spacial score (nSPS) is 12.3. The van der Waals surface area contributed by atoms with Gasteiger partial charge in [-0.05, 0) is 90.1 Å². The molecule has 1 N–H and O–H groups in total. The maximum absolute atomic E-state index is 15.0. The predicted molar refractivity (Wildman–Crippen MR) is 252 cm³/mol. The minimum atomic E-state index is -4.57. The number of carbonyl (C=O) groups is 1. The first-order valence-electron chi connectivity index (χ1n) is 21.6. The number of ketones is 1. The molecule has 0 saturated carbocycles. The van der Waals surface area contributed by atoms with Crippen molar-refractivity contribution in [3.05, 3.63) is 139 Å². The van der Waals surface area contributed by atoms with Gasteiger partial charge in [0.25, 0.3) is 0 Å². The fraction of sp³-hybridized carbons (Fsp3) is 0.333. The molecule has 9 heteroatoms. The fourth-order valence-electron chi connectivity index (χ4n) is 8.43. The summed E-state index contributed by atoms with van der Waals surface area (Å²) in [7, 11) is 4.18. The van der Waals surface area contributed by atoms with Crippen LogP contribution in [0.15, 0.2) is 101 Å². The molecule has 0 fully saturated rings. The Morgan fingerprint density at radius 2 is 1.43 bits per heavy atom. The molecule has 0 spiro atoms. The third kappa shape index (κ3) is 10.8. The van der Waals surface area contributed by atoms with Gasteiger partial charge < -0.3 is 14.1 Å². The molecule has 7 rings (SSSR count). The van der Waals surface area contributed by atoms with Gasteiger partial charge in [0, 0.05) is 65.4 Å². The topological polar surface area (TPSA) is 54.3 Å². The molecule has 1 radical (unpaired) electrons. The zero-order valence-corrected chi connectivity index (χ0v) is 41.1. The number of hydrogen-bond donors (Lipinski definition) is 1. The number of fused-ring (bicyclic) bond motifs is 4. The number of benzene rings is 4. The van der Waals surface area contributed by atoms with Crippen molar-refractivity contribution >= 4 is 48.3 Å². The summed E-state index contributed by atoms with van der Waals surface area (Å²) in [6.45, 7) is 23.0. The number of alkyl halides is 3. The van der Waals surface area contributed by atoms with Gasteiger partial charge in [-0.1, -0.05) is 109 Å². The number of pyridine rings is 1. The second-order valence-electron chi connectivity index (χ2n) is 17.7. The minimum Gasteiger partial charge on any atom is -0.512 e. The van der Waals surface area contributed by atoms with E-state index in [4.69, 9.17) is 4.42 Å². The van der Waals surface area contributed by atoms with Gasteiger partial charge in [-0.2, -0.15) is 31.2 Å². The van der Waals surface area contributed by atoms with E-state index < -0.39 is 11.7 Å². The smallest absolute Gasteiger partial charge is 0.418 e.